The Kier molecular flexibility index (Phi) is 5.54. The lowest BCUT2D eigenvalue weighted by atomic mass is 10.2. The quantitative estimate of drug-likeness (QED) is 0.695. The molecule has 0 spiro atoms. The van der Waals surface area contributed by atoms with Crippen molar-refractivity contribution in [3.8, 4) is 0 Å². The fourth-order valence-electron chi connectivity index (χ4n) is 1.49. The van der Waals surface area contributed by atoms with Gasteiger partial charge in [-0.15, -0.1) is 0 Å². The summed E-state index contributed by atoms with van der Waals surface area (Å²) in [6, 6.07) is 1.94. The van der Waals surface area contributed by atoms with Crippen molar-refractivity contribution < 1.29 is 13.6 Å². The number of benzene rings is 1. The van der Waals surface area contributed by atoms with Gasteiger partial charge in [-0.25, -0.2) is 8.78 Å². The molecule has 4 nitrogen and oxygen atoms in total. The smallest absolute Gasteiger partial charge is 0.221 e. The van der Waals surface area contributed by atoms with Crippen molar-refractivity contribution in [1.82, 2.24) is 5.32 Å². The van der Waals surface area contributed by atoms with E-state index < -0.39 is 11.6 Å². The van der Waals surface area contributed by atoms with E-state index in [9.17, 15) is 13.6 Å². The lowest BCUT2D eigenvalue weighted by Gasteiger charge is -2.13. The number of rotatable bonds is 6. The highest BCUT2D eigenvalue weighted by Gasteiger charge is 2.09. The SMILES string of the molecule is CCC(C)NC(=O)CCNc1cc(F)cc(F)c1N. The van der Waals surface area contributed by atoms with E-state index in [2.05, 4.69) is 10.6 Å². The normalized spacial score (nSPS) is 12.0. The minimum atomic E-state index is -0.813. The molecule has 0 saturated heterocycles. The molecule has 4 N–H and O–H groups in total. The Labute approximate surface area is 111 Å². The van der Waals surface area contributed by atoms with E-state index in [0.717, 1.165) is 18.6 Å². The summed E-state index contributed by atoms with van der Waals surface area (Å²) in [5.74, 6) is -1.64. The number of nitrogens with one attached hydrogen (secondary N) is 2. The van der Waals surface area contributed by atoms with Gasteiger partial charge in [0.25, 0.3) is 0 Å². The number of carbonyl (C=O) groups excluding carboxylic acids is 1. The van der Waals surface area contributed by atoms with Crippen LogP contribution in [0.15, 0.2) is 12.1 Å². The molecule has 0 aliphatic rings. The first-order valence-electron chi connectivity index (χ1n) is 6.21. The van der Waals surface area contributed by atoms with E-state index >= 15 is 0 Å². The van der Waals surface area contributed by atoms with E-state index in [1.807, 2.05) is 13.8 Å². The summed E-state index contributed by atoms with van der Waals surface area (Å²) < 4.78 is 26.2. The molecule has 0 bridgehead atoms. The maximum absolute atomic E-state index is 13.2. The second-order valence-electron chi connectivity index (χ2n) is 4.40. The number of nitrogen functional groups attached to an aromatic ring is 1. The molecule has 0 heterocycles. The van der Waals surface area contributed by atoms with Gasteiger partial charge in [0.2, 0.25) is 5.91 Å². The minimum Gasteiger partial charge on any atom is -0.395 e. The molecule has 19 heavy (non-hydrogen) atoms. The highest BCUT2D eigenvalue weighted by molar-refractivity contribution is 5.77. The van der Waals surface area contributed by atoms with Gasteiger partial charge >= 0.3 is 0 Å². The maximum Gasteiger partial charge on any atom is 0.221 e. The Morgan fingerprint density at radius 2 is 2.11 bits per heavy atom. The molecule has 0 saturated carbocycles. The first kappa shape index (κ1) is 15.2. The fourth-order valence-corrected chi connectivity index (χ4v) is 1.49. The number of amides is 1. The third-order valence-electron chi connectivity index (χ3n) is 2.78. The number of hydrogen-bond acceptors (Lipinski definition) is 3. The number of nitrogens with two attached hydrogens (primary N) is 1. The van der Waals surface area contributed by atoms with E-state index in [4.69, 9.17) is 5.73 Å². The third-order valence-corrected chi connectivity index (χ3v) is 2.78. The monoisotopic (exact) mass is 271 g/mol. The van der Waals surface area contributed by atoms with Crippen LogP contribution in [0.3, 0.4) is 0 Å². The zero-order valence-corrected chi connectivity index (χ0v) is 11.1. The van der Waals surface area contributed by atoms with Gasteiger partial charge in [-0.2, -0.15) is 0 Å². The van der Waals surface area contributed by atoms with Crippen LogP contribution in [-0.2, 0) is 4.79 Å². The molecule has 1 atom stereocenters. The Bertz CT molecular complexity index is 452. The van der Waals surface area contributed by atoms with Crippen LogP contribution in [0.25, 0.3) is 0 Å². The zero-order chi connectivity index (χ0) is 14.4. The second kappa shape index (κ2) is 6.92. The van der Waals surface area contributed by atoms with Gasteiger partial charge in [0.1, 0.15) is 5.82 Å². The fraction of sp³-hybridized carbons (Fsp3) is 0.462. The average Bonchev–Trinajstić information content (AvgIpc) is 2.34. The summed E-state index contributed by atoms with van der Waals surface area (Å²) in [5, 5.41) is 5.55. The Balaban J connectivity index is 2.47. The first-order valence-corrected chi connectivity index (χ1v) is 6.21. The number of anilines is 2. The van der Waals surface area contributed by atoms with Crippen LogP contribution in [0, 0.1) is 11.6 Å². The van der Waals surface area contributed by atoms with Gasteiger partial charge < -0.3 is 16.4 Å². The van der Waals surface area contributed by atoms with Crippen LogP contribution in [0.4, 0.5) is 20.2 Å². The molecule has 1 aromatic rings. The summed E-state index contributed by atoms with van der Waals surface area (Å²) in [5.41, 5.74) is 5.48. The van der Waals surface area contributed by atoms with Crippen LogP contribution in [-0.4, -0.2) is 18.5 Å². The largest absolute Gasteiger partial charge is 0.395 e. The van der Waals surface area contributed by atoms with Crippen LogP contribution < -0.4 is 16.4 Å². The second-order valence-corrected chi connectivity index (χ2v) is 4.40. The molecule has 1 amide bonds. The van der Waals surface area contributed by atoms with Crippen molar-refractivity contribution in [1.29, 1.82) is 0 Å². The molecule has 6 heteroatoms. The molecule has 0 aromatic heterocycles. The Hall–Kier alpha value is -1.85. The molecule has 0 aliphatic heterocycles. The maximum atomic E-state index is 13.2. The summed E-state index contributed by atoms with van der Waals surface area (Å²) >= 11 is 0. The molecule has 0 fully saturated rings. The van der Waals surface area contributed by atoms with Crippen molar-refractivity contribution in [2.24, 2.45) is 0 Å². The summed E-state index contributed by atoms with van der Waals surface area (Å²) in [7, 11) is 0. The van der Waals surface area contributed by atoms with Crippen LogP contribution in [0.1, 0.15) is 26.7 Å². The van der Waals surface area contributed by atoms with Gasteiger partial charge in [-0.1, -0.05) is 6.92 Å². The van der Waals surface area contributed by atoms with Crippen LogP contribution in [0.5, 0.6) is 0 Å². The Morgan fingerprint density at radius 3 is 2.74 bits per heavy atom. The van der Waals surface area contributed by atoms with Crippen molar-refractivity contribution in [3.63, 3.8) is 0 Å². The van der Waals surface area contributed by atoms with Gasteiger partial charge in [0.15, 0.2) is 5.82 Å². The van der Waals surface area contributed by atoms with E-state index in [1.165, 1.54) is 0 Å². The zero-order valence-electron chi connectivity index (χ0n) is 11.1. The summed E-state index contributed by atoms with van der Waals surface area (Å²) in [6.45, 7) is 4.14. The van der Waals surface area contributed by atoms with E-state index in [-0.39, 0.29) is 36.3 Å². The number of hydrogen-bond donors (Lipinski definition) is 3. The Morgan fingerprint density at radius 1 is 1.42 bits per heavy atom. The molecule has 1 rings (SSSR count). The highest BCUT2D eigenvalue weighted by atomic mass is 19.1. The van der Waals surface area contributed by atoms with Gasteiger partial charge in [0, 0.05) is 25.1 Å². The predicted molar refractivity (Wildman–Crippen MR) is 71.8 cm³/mol. The lowest BCUT2D eigenvalue weighted by molar-refractivity contribution is -0.121. The van der Waals surface area contributed by atoms with Crippen molar-refractivity contribution in [2.45, 2.75) is 32.7 Å². The summed E-state index contributed by atoms with van der Waals surface area (Å²) in [4.78, 5) is 11.5. The third kappa shape index (κ3) is 4.73. The molecule has 1 aromatic carbocycles. The first-order chi connectivity index (χ1) is 8.93. The number of carbonyl (C=O) groups is 1. The van der Waals surface area contributed by atoms with Crippen molar-refractivity contribution >= 4 is 17.3 Å². The number of halogens is 2. The minimum absolute atomic E-state index is 0.114. The molecular formula is C13H19F2N3O. The molecule has 0 aliphatic carbocycles. The molecule has 1 unspecified atom stereocenters. The van der Waals surface area contributed by atoms with Gasteiger partial charge in [-0.3, -0.25) is 4.79 Å². The van der Waals surface area contributed by atoms with E-state index in [1.54, 1.807) is 0 Å². The molecular weight excluding hydrogens is 252 g/mol. The topological polar surface area (TPSA) is 67.2 Å². The predicted octanol–water partition coefficient (Wildman–Crippen LogP) is 2.26. The average molecular weight is 271 g/mol. The van der Waals surface area contributed by atoms with Crippen molar-refractivity contribution in [3.05, 3.63) is 23.8 Å². The van der Waals surface area contributed by atoms with Gasteiger partial charge in [0.05, 0.1) is 11.4 Å². The summed E-state index contributed by atoms with van der Waals surface area (Å²) in [6.07, 6.45) is 1.06. The van der Waals surface area contributed by atoms with Crippen LogP contribution >= 0.6 is 0 Å². The standard InChI is InChI=1S/C13H19F2N3O/c1-3-8(2)18-12(19)4-5-17-11-7-9(14)6-10(15)13(11)16/h6-8,17H,3-5,16H2,1-2H3,(H,18,19). The molecule has 0 radical (unpaired) electrons. The highest BCUT2D eigenvalue weighted by Crippen LogP contribution is 2.23. The molecule has 106 valence electrons. The van der Waals surface area contributed by atoms with Gasteiger partial charge in [-0.05, 0) is 19.4 Å². The van der Waals surface area contributed by atoms with Crippen LogP contribution in [0.2, 0.25) is 0 Å². The lowest BCUT2D eigenvalue weighted by Crippen LogP contribution is -2.33. The van der Waals surface area contributed by atoms with Crippen molar-refractivity contribution in [2.75, 3.05) is 17.6 Å². The van der Waals surface area contributed by atoms with E-state index in [0.29, 0.717) is 0 Å².